The molecule has 1 atom stereocenters. The maximum atomic E-state index is 12.9. The second-order valence-corrected chi connectivity index (χ2v) is 7.98. The second-order valence-electron chi connectivity index (χ2n) is 6.92. The van der Waals surface area contributed by atoms with E-state index in [1.54, 1.807) is 18.8 Å². The number of fused-ring (bicyclic) bond motifs is 1. The summed E-state index contributed by atoms with van der Waals surface area (Å²) in [6, 6.07) is 9.21. The molecular formula is C20H27N4O2S+. The Kier molecular flexibility index (Phi) is 6.31. The molecule has 0 N–H and O–H groups in total. The van der Waals surface area contributed by atoms with Gasteiger partial charge in [0.25, 0.3) is 17.8 Å². The Balaban J connectivity index is 1.86. The molecule has 3 amide bonds. The molecule has 144 valence electrons. The van der Waals surface area contributed by atoms with E-state index in [2.05, 4.69) is 6.92 Å². The number of rotatable bonds is 7. The van der Waals surface area contributed by atoms with Crippen LogP contribution in [0, 0.1) is 0 Å². The maximum absolute atomic E-state index is 12.9. The third-order valence-electron chi connectivity index (χ3n) is 4.92. The van der Waals surface area contributed by atoms with Crippen LogP contribution in [0.15, 0.2) is 35.3 Å². The Hall–Kier alpha value is -2.15. The number of urea groups is 1. The van der Waals surface area contributed by atoms with Crippen LogP contribution in [-0.2, 0) is 11.3 Å². The lowest BCUT2D eigenvalue weighted by Crippen LogP contribution is -2.61. The molecule has 2 heterocycles. The largest absolute Gasteiger partial charge is 0.358 e. The highest BCUT2D eigenvalue weighted by Gasteiger charge is 2.53. The fraction of sp³-hybridized carbons (Fsp3) is 0.500. The van der Waals surface area contributed by atoms with Crippen LogP contribution in [0.2, 0.25) is 0 Å². The summed E-state index contributed by atoms with van der Waals surface area (Å²) in [6.07, 6.45) is 4.77. The summed E-state index contributed by atoms with van der Waals surface area (Å²) in [7, 11) is 3.22. The molecule has 1 aromatic carbocycles. The molecule has 2 aliphatic rings. The number of hydrogen-bond acceptors (Lipinski definition) is 4. The van der Waals surface area contributed by atoms with Crippen LogP contribution in [0.4, 0.5) is 4.79 Å². The first-order chi connectivity index (χ1) is 13.0. The molecular weight excluding hydrogens is 360 g/mol. The zero-order valence-corrected chi connectivity index (χ0v) is 17.0. The van der Waals surface area contributed by atoms with E-state index in [-0.39, 0.29) is 11.9 Å². The molecule has 0 aromatic heterocycles. The highest BCUT2D eigenvalue weighted by atomic mass is 32.2. The highest BCUT2D eigenvalue weighted by Crippen LogP contribution is 2.25. The van der Waals surface area contributed by atoms with Crippen molar-refractivity contribution in [1.29, 1.82) is 0 Å². The van der Waals surface area contributed by atoms with E-state index in [4.69, 9.17) is 4.99 Å². The minimum Gasteiger partial charge on any atom is -0.269 e. The van der Waals surface area contributed by atoms with Gasteiger partial charge in [-0.1, -0.05) is 56.5 Å². The van der Waals surface area contributed by atoms with Crippen molar-refractivity contribution in [1.82, 2.24) is 9.80 Å². The third-order valence-corrected chi connectivity index (χ3v) is 6.00. The topological polar surface area (TPSA) is 56.0 Å². The molecule has 6 nitrogen and oxygen atoms in total. The van der Waals surface area contributed by atoms with Crippen molar-refractivity contribution >= 4 is 34.7 Å². The fourth-order valence-electron chi connectivity index (χ4n) is 3.32. The highest BCUT2D eigenvalue weighted by molar-refractivity contribution is 8.13. The van der Waals surface area contributed by atoms with Crippen molar-refractivity contribution in [2.24, 2.45) is 4.99 Å². The summed E-state index contributed by atoms with van der Waals surface area (Å²) in [5, 5.41) is 0.832. The van der Waals surface area contributed by atoms with Gasteiger partial charge in [0.15, 0.2) is 0 Å². The van der Waals surface area contributed by atoms with Gasteiger partial charge >= 0.3 is 11.2 Å². The molecule has 1 saturated heterocycles. The predicted octanol–water partition coefficient (Wildman–Crippen LogP) is 3.17. The Bertz CT molecular complexity index is 775. The van der Waals surface area contributed by atoms with Crippen LogP contribution < -0.4 is 0 Å². The van der Waals surface area contributed by atoms with Crippen LogP contribution in [0.1, 0.15) is 38.2 Å². The molecule has 7 heteroatoms. The number of unbranched alkanes of at least 4 members (excludes halogenated alkanes) is 3. The number of hydrogen-bond donors (Lipinski definition) is 0. The van der Waals surface area contributed by atoms with E-state index in [9.17, 15) is 9.59 Å². The van der Waals surface area contributed by atoms with Crippen LogP contribution in [0.5, 0.6) is 0 Å². The van der Waals surface area contributed by atoms with Crippen LogP contribution in [0.3, 0.4) is 0 Å². The molecule has 0 bridgehead atoms. The number of carbonyl (C=O) groups is 2. The smallest absolute Gasteiger partial charge is 0.269 e. The zero-order valence-electron chi connectivity index (χ0n) is 16.2. The van der Waals surface area contributed by atoms with Crippen LogP contribution in [0.25, 0.3) is 0 Å². The van der Waals surface area contributed by atoms with Gasteiger partial charge in [-0.3, -0.25) is 14.6 Å². The van der Waals surface area contributed by atoms with Gasteiger partial charge in [-0.05, 0) is 28.7 Å². The van der Waals surface area contributed by atoms with Gasteiger partial charge < -0.3 is 0 Å². The van der Waals surface area contributed by atoms with Crippen molar-refractivity contribution in [3.63, 3.8) is 0 Å². The number of amidine groups is 2. The molecule has 1 unspecified atom stereocenters. The van der Waals surface area contributed by atoms with E-state index in [0.717, 1.165) is 22.9 Å². The minimum atomic E-state index is -0.531. The molecule has 3 rings (SSSR count). The number of imide groups is 1. The first kappa shape index (κ1) is 19.6. The summed E-state index contributed by atoms with van der Waals surface area (Å²) in [6.45, 7) is 2.80. The third kappa shape index (κ3) is 4.08. The lowest BCUT2D eigenvalue weighted by atomic mass is 10.1. The predicted molar refractivity (Wildman–Crippen MR) is 109 cm³/mol. The number of benzene rings is 1. The van der Waals surface area contributed by atoms with Gasteiger partial charge in [0.2, 0.25) is 0 Å². The van der Waals surface area contributed by atoms with Gasteiger partial charge in [0, 0.05) is 19.8 Å². The molecule has 2 aliphatic heterocycles. The van der Waals surface area contributed by atoms with Gasteiger partial charge in [-0.15, -0.1) is 0 Å². The van der Waals surface area contributed by atoms with Crippen molar-refractivity contribution in [2.45, 2.75) is 45.2 Å². The number of nitrogens with zero attached hydrogens (tertiary/aromatic N) is 4. The van der Waals surface area contributed by atoms with E-state index in [0.29, 0.717) is 12.4 Å². The Morgan fingerprint density at radius 3 is 2.52 bits per heavy atom. The number of thioether (sulfide) groups is 1. The lowest BCUT2D eigenvalue weighted by Gasteiger charge is -2.30. The molecule has 1 fully saturated rings. The van der Waals surface area contributed by atoms with Gasteiger partial charge in [-0.2, -0.15) is 0 Å². The summed E-state index contributed by atoms with van der Waals surface area (Å²) in [5.41, 5.74) is 1.12. The fourth-order valence-corrected chi connectivity index (χ4v) is 4.35. The summed E-state index contributed by atoms with van der Waals surface area (Å²) < 4.78 is 2.04. The Morgan fingerprint density at radius 2 is 1.81 bits per heavy atom. The van der Waals surface area contributed by atoms with E-state index < -0.39 is 6.04 Å². The number of carbonyl (C=O) groups excluding carboxylic acids is 2. The van der Waals surface area contributed by atoms with Crippen molar-refractivity contribution in [3.8, 4) is 0 Å². The molecule has 0 aliphatic carbocycles. The zero-order chi connectivity index (χ0) is 19.4. The number of amides is 3. The average molecular weight is 388 g/mol. The van der Waals surface area contributed by atoms with Crippen molar-refractivity contribution in [2.75, 3.05) is 19.8 Å². The first-order valence-corrected chi connectivity index (χ1v) is 10.5. The van der Waals surface area contributed by atoms with Crippen molar-refractivity contribution in [3.05, 3.63) is 35.9 Å². The molecule has 0 radical (unpaired) electrons. The summed E-state index contributed by atoms with van der Waals surface area (Å²) >= 11 is 1.68. The van der Waals surface area contributed by atoms with Crippen molar-refractivity contribution < 1.29 is 14.2 Å². The number of aliphatic imine (C=N–C) groups is 1. The number of likely N-dealkylation sites (N-methyl/N-ethyl adjacent to an activating group) is 2. The Labute approximate surface area is 164 Å². The lowest BCUT2D eigenvalue weighted by molar-refractivity contribution is -0.548. The van der Waals surface area contributed by atoms with Crippen LogP contribution in [-0.4, -0.2) is 63.2 Å². The van der Waals surface area contributed by atoms with E-state index in [1.807, 2.05) is 34.9 Å². The van der Waals surface area contributed by atoms with Gasteiger partial charge in [0.1, 0.15) is 6.54 Å². The van der Waals surface area contributed by atoms with E-state index in [1.165, 1.54) is 36.1 Å². The summed E-state index contributed by atoms with van der Waals surface area (Å²) in [5.74, 6) is 1.29. The van der Waals surface area contributed by atoms with Gasteiger partial charge in [-0.25, -0.2) is 9.37 Å². The molecule has 0 saturated carbocycles. The quantitative estimate of drug-likeness (QED) is 0.533. The second kappa shape index (κ2) is 8.69. The minimum absolute atomic E-state index is 0.214. The molecule has 1 aromatic rings. The molecule has 27 heavy (non-hydrogen) atoms. The van der Waals surface area contributed by atoms with E-state index >= 15 is 0 Å². The Morgan fingerprint density at radius 1 is 1.07 bits per heavy atom. The normalized spacial score (nSPS) is 19.7. The molecule has 0 spiro atoms. The van der Waals surface area contributed by atoms with Crippen LogP contribution >= 0.6 is 11.8 Å². The average Bonchev–Trinajstić information content (AvgIpc) is 3.04. The SMILES string of the molecule is CCCCCCSC1=[N+](Cc2ccccc2)C2C(=O)N(C)C(=O)N(C)C2=N1. The summed E-state index contributed by atoms with van der Waals surface area (Å²) in [4.78, 5) is 32.5. The van der Waals surface area contributed by atoms with Gasteiger partial charge in [0.05, 0.1) is 0 Å². The monoisotopic (exact) mass is 387 g/mol. The maximum Gasteiger partial charge on any atom is 0.358 e. The first-order valence-electron chi connectivity index (χ1n) is 9.48. The standard InChI is InChI=1S/C20H27N4O2S/c1-4-5-6-10-13-27-19-21-17-16(18(25)23(3)20(26)22(17)2)24(19)14-15-11-8-7-9-12-15/h7-9,11-12,16H,4-6,10,13-14H2,1-3H3/q+1.